The average Bonchev–Trinajstić information content (AvgIpc) is 3.17. The molecule has 0 aromatic heterocycles. The summed E-state index contributed by atoms with van der Waals surface area (Å²) in [6.07, 6.45) is 0. The summed E-state index contributed by atoms with van der Waals surface area (Å²) in [6, 6.07) is 21.8. The highest BCUT2D eigenvalue weighted by molar-refractivity contribution is 6.23. The molecule has 35 heavy (non-hydrogen) atoms. The number of nitrogens with zero attached hydrogens (tertiary/aromatic N) is 1. The zero-order valence-corrected chi connectivity index (χ0v) is 19.8. The molecule has 0 radical (unpaired) electrons. The summed E-state index contributed by atoms with van der Waals surface area (Å²) >= 11 is 0. The van der Waals surface area contributed by atoms with E-state index < -0.39 is 11.5 Å². The summed E-state index contributed by atoms with van der Waals surface area (Å²) in [6.45, 7) is 5.69. The molecule has 0 spiro atoms. The van der Waals surface area contributed by atoms with Gasteiger partial charge in [-0.1, -0.05) is 36.4 Å². The number of allylic oxidation sites excluding steroid dienone is 1. The second kappa shape index (κ2) is 9.45. The molecule has 0 fully saturated rings. The molecule has 0 aliphatic carbocycles. The van der Waals surface area contributed by atoms with E-state index in [1.165, 1.54) is 0 Å². The Bertz CT molecular complexity index is 1380. The van der Waals surface area contributed by atoms with Gasteiger partial charge in [-0.25, -0.2) is 4.79 Å². The van der Waals surface area contributed by atoms with E-state index in [0.29, 0.717) is 39.5 Å². The van der Waals surface area contributed by atoms with Crippen molar-refractivity contribution in [1.82, 2.24) is 0 Å². The minimum Gasteiger partial charge on any atom is -0.462 e. The lowest BCUT2D eigenvalue weighted by molar-refractivity contribution is 0.0526. The van der Waals surface area contributed by atoms with Gasteiger partial charge < -0.3 is 21.1 Å². The number of carbonyl (C=O) groups excluding carboxylic acids is 2. The van der Waals surface area contributed by atoms with Gasteiger partial charge in [-0.05, 0) is 56.7 Å². The highest BCUT2D eigenvalue weighted by Crippen LogP contribution is 2.34. The van der Waals surface area contributed by atoms with Crippen LogP contribution < -0.4 is 16.4 Å². The predicted molar refractivity (Wildman–Crippen MR) is 136 cm³/mol. The van der Waals surface area contributed by atoms with Crippen LogP contribution in [-0.4, -0.2) is 18.4 Å². The van der Waals surface area contributed by atoms with Gasteiger partial charge in [0.15, 0.2) is 0 Å². The zero-order chi connectivity index (χ0) is 25.2. The fraction of sp³-hybridized carbons (Fsp3) is 0.179. The molecule has 7 heteroatoms. The van der Waals surface area contributed by atoms with E-state index in [0.717, 1.165) is 11.1 Å². The predicted octanol–water partition coefficient (Wildman–Crippen LogP) is 5.02. The maximum atomic E-state index is 13.4. The van der Waals surface area contributed by atoms with E-state index in [1.807, 2.05) is 56.3 Å². The normalized spacial score (nSPS) is 14.0. The van der Waals surface area contributed by atoms with E-state index in [4.69, 9.17) is 10.5 Å². The van der Waals surface area contributed by atoms with Crippen molar-refractivity contribution >= 4 is 28.8 Å². The smallest absolute Gasteiger partial charge is 0.338 e. The molecule has 0 amide bonds. The van der Waals surface area contributed by atoms with Gasteiger partial charge in [0.1, 0.15) is 5.70 Å². The van der Waals surface area contributed by atoms with E-state index in [-0.39, 0.29) is 12.4 Å². The molecule has 7 nitrogen and oxygen atoms in total. The number of esters is 1. The Morgan fingerprint density at radius 1 is 1.09 bits per heavy atom. The summed E-state index contributed by atoms with van der Waals surface area (Å²) in [7, 11) is 0. The van der Waals surface area contributed by atoms with Crippen molar-refractivity contribution in [3.8, 4) is 6.07 Å². The highest BCUT2D eigenvalue weighted by Gasteiger charge is 2.29. The molecule has 0 saturated heterocycles. The Hall–Kier alpha value is -4.41. The summed E-state index contributed by atoms with van der Waals surface area (Å²) in [5, 5.41) is 16.2. The van der Waals surface area contributed by atoms with Gasteiger partial charge in [0.05, 0.1) is 35.2 Å². The summed E-state index contributed by atoms with van der Waals surface area (Å²) in [5.74, 6) is -0.655. The van der Waals surface area contributed by atoms with Gasteiger partial charge in [0.2, 0.25) is 5.78 Å². The maximum Gasteiger partial charge on any atom is 0.338 e. The number of ether oxygens (including phenoxy) is 1. The number of anilines is 2. The fourth-order valence-electron chi connectivity index (χ4n) is 3.99. The first kappa shape index (κ1) is 23.7. The minimum atomic E-state index is -0.675. The van der Waals surface area contributed by atoms with Crippen molar-refractivity contribution in [3.05, 3.63) is 100 Å². The molecule has 0 atom stereocenters. The lowest BCUT2D eigenvalue weighted by atomic mass is 9.91. The third-order valence-corrected chi connectivity index (χ3v) is 5.68. The number of hydrogen-bond donors (Lipinski definition) is 3. The Labute approximate surface area is 204 Å². The third kappa shape index (κ3) is 4.79. The molecule has 4 rings (SSSR count). The topological polar surface area (TPSA) is 117 Å². The molecule has 1 heterocycles. The third-order valence-electron chi connectivity index (χ3n) is 5.68. The number of nitrogens with two attached hydrogens (primary N) is 1. The first-order valence-electron chi connectivity index (χ1n) is 11.3. The maximum absolute atomic E-state index is 13.4. The first-order chi connectivity index (χ1) is 16.7. The molecule has 3 aromatic rings. The Balaban J connectivity index is 1.78. The summed E-state index contributed by atoms with van der Waals surface area (Å²) in [5.41, 5.74) is 10.4. The molecule has 0 bridgehead atoms. The minimum absolute atomic E-state index is 0.206. The summed E-state index contributed by atoms with van der Waals surface area (Å²) in [4.78, 5) is 25.5. The van der Waals surface area contributed by atoms with Gasteiger partial charge in [0.25, 0.3) is 0 Å². The van der Waals surface area contributed by atoms with Crippen molar-refractivity contribution in [2.75, 3.05) is 17.2 Å². The second-order valence-electron chi connectivity index (χ2n) is 8.77. The SMILES string of the molecule is CCOC(=O)c1ccc2c(c1)NC(=C(Nc1ccc(C(C)(C)N)c(C#N)c1)c1ccccc1)C2=O. The fourth-order valence-corrected chi connectivity index (χ4v) is 3.99. The van der Waals surface area contributed by atoms with Gasteiger partial charge >= 0.3 is 5.97 Å². The number of ketones is 1. The van der Waals surface area contributed by atoms with Gasteiger partial charge in [0, 0.05) is 22.4 Å². The van der Waals surface area contributed by atoms with Crippen LogP contribution in [0, 0.1) is 11.3 Å². The summed E-state index contributed by atoms with van der Waals surface area (Å²) < 4.78 is 5.08. The lowest BCUT2D eigenvalue weighted by Gasteiger charge is -2.22. The number of nitrogens with one attached hydrogen (secondary N) is 2. The molecular formula is C28H26N4O3. The Morgan fingerprint density at radius 3 is 2.49 bits per heavy atom. The monoisotopic (exact) mass is 466 g/mol. The standard InChI is InChI=1S/C28H26N4O3/c1-4-35-27(34)18-10-12-21-23(15-18)32-25(26(21)33)24(17-8-6-5-7-9-17)31-20-11-13-22(28(2,3)30)19(14-20)16-29/h5-15,31-32H,4,30H2,1-3H3. The number of hydrogen-bond acceptors (Lipinski definition) is 7. The van der Waals surface area contributed by atoms with Crippen molar-refractivity contribution < 1.29 is 14.3 Å². The Kier molecular flexibility index (Phi) is 6.41. The molecule has 1 aliphatic heterocycles. The molecule has 176 valence electrons. The van der Waals surface area contributed by atoms with E-state index >= 15 is 0 Å². The van der Waals surface area contributed by atoms with Gasteiger partial charge in [-0.2, -0.15) is 5.26 Å². The number of carbonyl (C=O) groups is 2. The van der Waals surface area contributed by atoms with Crippen molar-refractivity contribution in [2.45, 2.75) is 26.3 Å². The first-order valence-corrected chi connectivity index (χ1v) is 11.3. The van der Waals surface area contributed by atoms with E-state index in [9.17, 15) is 14.9 Å². The van der Waals surface area contributed by atoms with Gasteiger partial charge in [-0.3, -0.25) is 4.79 Å². The second-order valence-corrected chi connectivity index (χ2v) is 8.77. The van der Waals surface area contributed by atoms with Crippen LogP contribution in [0.2, 0.25) is 0 Å². The molecule has 3 aromatic carbocycles. The van der Waals surface area contributed by atoms with Crippen LogP contribution in [0.5, 0.6) is 0 Å². The lowest BCUT2D eigenvalue weighted by Crippen LogP contribution is -2.29. The highest BCUT2D eigenvalue weighted by atomic mass is 16.5. The molecule has 4 N–H and O–H groups in total. The van der Waals surface area contributed by atoms with Crippen LogP contribution in [-0.2, 0) is 10.3 Å². The van der Waals surface area contributed by atoms with Crippen molar-refractivity contribution in [3.63, 3.8) is 0 Å². The van der Waals surface area contributed by atoms with Gasteiger partial charge in [-0.15, -0.1) is 0 Å². The van der Waals surface area contributed by atoms with Crippen LogP contribution >= 0.6 is 0 Å². The van der Waals surface area contributed by atoms with Crippen LogP contribution in [0.1, 0.15) is 58.2 Å². The number of nitriles is 1. The van der Waals surface area contributed by atoms with E-state index in [2.05, 4.69) is 16.7 Å². The van der Waals surface area contributed by atoms with E-state index in [1.54, 1.807) is 31.2 Å². The number of rotatable bonds is 6. The van der Waals surface area contributed by atoms with Crippen LogP contribution in [0.3, 0.4) is 0 Å². The largest absolute Gasteiger partial charge is 0.462 e. The van der Waals surface area contributed by atoms with Crippen molar-refractivity contribution in [2.24, 2.45) is 5.73 Å². The quantitative estimate of drug-likeness (QED) is 0.345. The molecule has 0 unspecified atom stereocenters. The Morgan fingerprint density at radius 2 is 1.83 bits per heavy atom. The average molecular weight is 467 g/mol. The molecular weight excluding hydrogens is 440 g/mol. The van der Waals surface area contributed by atoms with Crippen LogP contribution in [0.25, 0.3) is 5.70 Å². The number of fused-ring (bicyclic) bond motifs is 1. The number of benzene rings is 3. The zero-order valence-electron chi connectivity index (χ0n) is 19.8. The molecule has 1 aliphatic rings. The van der Waals surface area contributed by atoms with Crippen LogP contribution in [0.4, 0.5) is 11.4 Å². The van der Waals surface area contributed by atoms with Crippen LogP contribution in [0.15, 0.2) is 72.4 Å². The number of Topliss-reactive ketones (excluding diaryl/α,β-unsaturated/α-hetero) is 1. The van der Waals surface area contributed by atoms with Crippen molar-refractivity contribution in [1.29, 1.82) is 5.26 Å². The molecule has 0 saturated carbocycles.